The molecule has 2 N–H and O–H groups in total. The van der Waals surface area contributed by atoms with Crippen molar-refractivity contribution in [2.24, 2.45) is 5.73 Å². The second-order valence-electron chi connectivity index (χ2n) is 5.01. The van der Waals surface area contributed by atoms with Crippen LogP contribution in [0.25, 0.3) is 11.0 Å². The molecule has 0 aliphatic rings. The van der Waals surface area contributed by atoms with Crippen molar-refractivity contribution in [3.63, 3.8) is 0 Å². The van der Waals surface area contributed by atoms with Crippen LogP contribution in [-0.2, 0) is 4.79 Å². The minimum Gasteiger partial charge on any atom is -0.491 e. The van der Waals surface area contributed by atoms with Gasteiger partial charge in [0.05, 0.1) is 17.5 Å². The van der Waals surface area contributed by atoms with Crippen molar-refractivity contribution in [2.75, 3.05) is 6.61 Å². The number of aromatic nitrogens is 2. The number of fused-ring (bicyclic) bond motifs is 1. The predicted molar refractivity (Wildman–Crippen MR) is 83.7 cm³/mol. The monoisotopic (exact) mass is 309 g/mol. The van der Waals surface area contributed by atoms with E-state index in [1.807, 2.05) is 32.0 Å². The summed E-state index contributed by atoms with van der Waals surface area (Å²) in [6.07, 6.45) is 0.910. The Hall–Kier alpha value is -1.75. The average Bonchev–Trinajstić information content (AvgIpc) is 2.84. The van der Waals surface area contributed by atoms with Gasteiger partial charge in [0.25, 0.3) is 0 Å². The highest BCUT2D eigenvalue weighted by molar-refractivity contribution is 6.20. The molecule has 2 atom stereocenters. The fraction of sp³-hybridized carbons (Fsp3) is 0.467. The standard InChI is InChI=1S/C15H20ClN3O2/c1-4-8-21-12-7-5-6-11-13(12)18-15(9(2)16)19(11)10(3)14(17)20/h5-7,9-10H,4,8H2,1-3H3,(H2,17,20). The Labute approximate surface area is 129 Å². The third-order valence-corrected chi connectivity index (χ3v) is 3.52. The van der Waals surface area contributed by atoms with Crippen molar-refractivity contribution in [3.05, 3.63) is 24.0 Å². The molecule has 0 radical (unpaired) electrons. The van der Waals surface area contributed by atoms with Gasteiger partial charge in [0.2, 0.25) is 5.91 Å². The maximum atomic E-state index is 11.6. The number of amides is 1. The van der Waals surface area contributed by atoms with Gasteiger partial charge in [-0.15, -0.1) is 11.6 Å². The van der Waals surface area contributed by atoms with E-state index in [-0.39, 0.29) is 5.38 Å². The number of rotatable bonds is 6. The molecular formula is C15H20ClN3O2. The van der Waals surface area contributed by atoms with Gasteiger partial charge in [0.1, 0.15) is 23.1 Å². The Morgan fingerprint density at radius 3 is 2.76 bits per heavy atom. The highest BCUT2D eigenvalue weighted by Crippen LogP contribution is 2.32. The van der Waals surface area contributed by atoms with Crippen LogP contribution in [0, 0.1) is 0 Å². The molecule has 21 heavy (non-hydrogen) atoms. The van der Waals surface area contributed by atoms with Crippen LogP contribution in [0.3, 0.4) is 0 Å². The molecule has 0 fully saturated rings. The summed E-state index contributed by atoms with van der Waals surface area (Å²) < 4.78 is 7.51. The van der Waals surface area contributed by atoms with E-state index in [0.717, 1.165) is 11.9 Å². The summed E-state index contributed by atoms with van der Waals surface area (Å²) in [4.78, 5) is 16.1. The van der Waals surface area contributed by atoms with Crippen molar-refractivity contribution >= 4 is 28.5 Å². The lowest BCUT2D eigenvalue weighted by Gasteiger charge is -2.15. The zero-order valence-corrected chi connectivity index (χ0v) is 13.2. The third kappa shape index (κ3) is 2.97. The zero-order chi connectivity index (χ0) is 15.6. The molecule has 114 valence electrons. The summed E-state index contributed by atoms with van der Waals surface area (Å²) >= 11 is 6.21. The molecule has 1 amide bonds. The Kier molecular flexibility index (Phi) is 4.73. The van der Waals surface area contributed by atoms with Crippen LogP contribution in [0.2, 0.25) is 0 Å². The van der Waals surface area contributed by atoms with Crippen molar-refractivity contribution in [3.8, 4) is 5.75 Å². The second-order valence-corrected chi connectivity index (χ2v) is 5.66. The predicted octanol–water partition coefficient (Wildman–Crippen LogP) is 3.17. The van der Waals surface area contributed by atoms with E-state index in [9.17, 15) is 4.79 Å². The summed E-state index contributed by atoms with van der Waals surface area (Å²) in [5, 5.41) is -0.335. The number of carbonyl (C=O) groups is 1. The minimum atomic E-state index is -0.521. The lowest BCUT2D eigenvalue weighted by molar-refractivity contribution is -0.120. The van der Waals surface area contributed by atoms with E-state index < -0.39 is 11.9 Å². The SMILES string of the molecule is CCCOc1cccc2c1nc(C(C)Cl)n2C(C)C(N)=O. The number of para-hydroxylation sites is 1. The van der Waals surface area contributed by atoms with Crippen LogP contribution >= 0.6 is 11.6 Å². The smallest absolute Gasteiger partial charge is 0.240 e. The largest absolute Gasteiger partial charge is 0.491 e. The van der Waals surface area contributed by atoms with Crippen LogP contribution in [-0.4, -0.2) is 22.1 Å². The number of primary amides is 1. The second kappa shape index (κ2) is 6.35. The lowest BCUT2D eigenvalue weighted by atomic mass is 10.2. The van der Waals surface area contributed by atoms with Crippen LogP contribution in [0.15, 0.2) is 18.2 Å². The summed E-state index contributed by atoms with van der Waals surface area (Å²) in [5.41, 5.74) is 6.96. The fourth-order valence-corrected chi connectivity index (χ4v) is 2.41. The first-order valence-electron chi connectivity index (χ1n) is 7.04. The molecule has 1 aromatic heterocycles. The van der Waals surface area contributed by atoms with Crippen LogP contribution in [0.4, 0.5) is 0 Å². The van der Waals surface area contributed by atoms with E-state index in [1.54, 1.807) is 11.5 Å². The highest BCUT2D eigenvalue weighted by Gasteiger charge is 2.23. The molecule has 0 aliphatic heterocycles. The number of ether oxygens (including phenoxy) is 1. The van der Waals surface area contributed by atoms with Gasteiger partial charge >= 0.3 is 0 Å². The first-order chi connectivity index (χ1) is 9.97. The van der Waals surface area contributed by atoms with Crippen LogP contribution < -0.4 is 10.5 Å². The van der Waals surface area contributed by atoms with Gasteiger partial charge in [0, 0.05) is 0 Å². The average molecular weight is 310 g/mol. The van der Waals surface area contributed by atoms with Crippen molar-refractivity contribution in [2.45, 2.75) is 38.6 Å². The van der Waals surface area contributed by atoms with Crippen molar-refractivity contribution < 1.29 is 9.53 Å². The van der Waals surface area contributed by atoms with Gasteiger partial charge < -0.3 is 15.0 Å². The molecule has 1 heterocycles. The molecule has 1 aromatic carbocycles. The Bertz CT molecular complexity index is 652. The van der Waals surface area contributed by atoms with Gasteiger partial charge in [-0.3, -0.25) is 4.79 Å². The number of hydrogen-bond donors (Lipinski definition) is 1. The Morgan fingerprint density at radius 2 is 2.19 bits per heavy atom. The molecule has 0 bridgehead atoms. The number of nitrogens with two attached hydrogens (primary N) is 1. The first-order valence-corrected chi connectivity index (χ1v) is 7.48. The van der Waals surface area contributed by atoms with Gasteiger partial charge in [-0.2, -0.15) is 0 Å². The summed E-state index contributed by atoms with van der Waals surface area (Å²) in [6.45, 7) is 6.22. The molecule has 6 heteroatoms. The van der Waals surface area contributed by atoms with Gasteiger partial charge in [0.15, 0.2) is 0 Å². The van der Waals surface area contributed by atoms with E-state index >= 15 is 0 Å². The van der Waals surface area contributed by atoms with Crippen molar-refractivity contribution in [1.29, 1.82) is 0 Å². The highest BCUT2D eigenvalue weighted by atomic mass is 35.5. The summed E-state index contributed by atoms with van der Waals surface area (Å²) in [5.74, 6) is 0.890. The molecule has 0 saturated heterocycles. The maximum absolute atomic E-state index is 11.6. The third-order valence-electron chi connectivity index (χ3n) is 3.33. The minimum absolute atomic E-state index is 0.335. The first kappa shape index (κ1) is 15.6. The molecule has 2 rings (SSSR count). The lowest BCUT2D eigenvalue weighted by Crippen LogP contribution is -2.25. The topological polar surface area (TPSA) is 70.1 Å². The zero-order valence-electron chi connectivity index (χ0n) is 12.5. The van der Waals surface area contributed by atoms with Gasteiger partial charge in [-0.1, -0.05) is 13.0 Å². The molecule has 0 spiro atoms. The summed E-state index contributed by atoms with van der Waals surface area (Å²) in [7, 11) is 0. The molecular weight excluding hydrogens is 290 g/mol. The molecule has 2 unspecified atom stereocenters. The number of nitrogens with zero attached hydrogens (tertiary/aromatic N) is 2. The van der Waals surface area contributed by atoms with E-state index in [4.69, 9.17) is 22.1 Å². The normalized spacial score (nSPS) is 14.1. The molecule has 0 aliphatic carbocycles. The van der Waals surface area contributed by atoms with Gasteiger partial charge in [-0.25, -0.2) is 4.98 Å². The number of carbonyl (C=O) groups excluding carboxylic acids is 1. The number of halogens is 1. The molecule has 5 nitrogen and oxygen atoms in total. The number of imidazole rings is 1. The maximum Gasteiger partial charge on any atom is 0.240 e. The van der Waals surface area contributed by atoms with Crippen LogP contribution in [0.1, 0.15) is 44.4 Å². The summed E-state index contributed by atoms with van der Waals surface area (Å²) in [6, 6.07) is 5.12. The quantitative estimate of drug-likeness (QED) is 0.833. The Morgan fingerprint density at radius 1 is 1.48 bits per heavy atom. The van der Waals surface area contributed by atoms with E-state index in [1.165, 1.54) is 0 Å². The van der Waals surface area contributed by atoms with Gasteiger partial charge in [-0.05, 0) is 32.4 Å². The number of benzene rings is 1. The van der Waals surface area contributed by atoms with E-state index in [2.05, 4.69) is 4.98 Å². The fourth-order valence-electron chi connectivity index (χ4n) is 2.25. The van der Waals surface area contributed by atoms with E-state index in [0.29, 0.717) is 23.7 Å². The van der Waals surface area contributed by atoms with Crippen molar-refractivity contribution in [1.82, 2.24) is 9.55 Å². The molecule has 2 aromatic rings. The Balaban J connectivity index is 2.65. The molecule has 0 saturated carbocycles. The number of hydrogen-bond acceptors (Lipinski definition) is 3. The number of alkyl halides is 1. The van der Waals surface area contributed by atoms with Crippen LogP contribution in [0.5, 0.6) is 5.75 Å².